The van der Waals surface area contributed by atoms with E-state index in [1.807, 2.05) is 0 Å². The zero-order valence-electron chi connectivity index (χ0n) is 6.24. The summed E-state index contributed by atoms with van der Waals surface area (Å²) in [4.78, 5) is 0.299. The monoisotopic (exact) mass is 177 g/mol. The molecule has 0 aromatic carbocycles. The van der Waals surface area contributed by atoms with Crippen molar-refractivity contribution < 1.29 is 38.3 Å². The molecular weight excluding hydrogens is 171 g/mol. The van der Waals surface area contributed by atoms with Crippen LogP contribution in [0.4, 0.5) is 0 Å². The van der Waals surface area contributed by atoms with Crippen LogP contribution in [-0.4, -0.2) is 8.76 Å². The van der Waals surface area contributed by atoms with Crippen LogP contribution in [0.25, 0.3) is 0 Å². The van der Waals surface area contributed by atoms with Crippen molar-refractivity contribution in [1.29, 1.82) is 0 Å². The van der Waals surface area contributed by atoms with Gasteiger partial charge in [0, 0.05) is 35.7 Å². The predicted octanol–water partition coefficient (Wildman–Crippen LogP) is -1.92. The minimum Gasteiger partial charge on any atom is -0.760 e. The Balaban J connectivity index is 0.000001000. The third-order valence-electron chi connectivity index (χ3n) is 1.12. The maximum absolute atomic E-state index is 10.3. The number of allylic oxidation sites excluding steroid dienone is 4. The quantitative estimate of drug-likeness (QED) is 0.266. The normalized spacial score (nSPS) is 17.9. The molecule has 0 fully saturated rings. The summed E-state index contributed by atoms with van der Waals surface area (Å²) in [6, 6.07) is 0. The molecule has 52 valence electrons. The maximum atomic E-state index is 10.3. The Bertz CT molecular complexity index is 243. The van der Waals surface area contributed by atoms with Gasteiger partial charge in [-0.05, 0) is 6.58 Å². The van der Waals surface area contributed by atoms with Gasteiger partial charge in [0.15, 0.2) is 0 Å². The van der Waals surface area contributed by atoms with Crippen LogP contribution in [0.2, 0.25) is 0 Å². The van der Waals surface area contributed by atoms with Crippen LogP contribution in [0, 0.1) is 6.42 Å². The Morgan fingerprint density at radius 3 is 2.55 bits per heavy atom. The van der Waals surface area contributed by atoms with Crippen LogP contribution < -0.4 is 29.6 Å². The van der Waals surface area contributed by atoms with Crippen molar-refractivity contribution in [3.63, 3.8) is 0 Å². The van der Waals surface area contributed by atoms with E-state index in [2.05, 4.69) is 6.58 Å². The van der Waals surface area contributed by atoms with Gasteiger partial charge in [-0.1, -0.05) is 0 Å². The fourth-order valence-corrected chi connectivity index (χ4v) is 0.959. The van der Waals surface area contributed by atoms with E-state index in [4.69, 9.17) is 0 Å². The Kier molecular flexibility index (Phi) is 5.04. The van der Waals surface area contributed by atoms with Gasteiger partial charge in [0.2, 0.25) is 0 Å². The van der Waals surface area contributed by atoms with Crippen molar-refractivity contribution in [3.8, 4) is 0 Å². The molecule has 0 aliphatic heterocycles. The van der Waals surface area contributed by atoms with Crippen LogP contribution in [0.5, 0.6) is 0 Å². The molecule has 4 heteroatoms. The van der Waals surface area contributed by atoms with Crippen LogP contribution in [-0.2, 0) is 11.1 Å². The topological polar surface area (TPSA) is 40.1 Å². The molecule has 1 aliphatic carbocycles. The second-order valence-electron chi connectivity index (χ2n) is 1.88. The minimum absolute atomic E-state index is 0. The summed E-state index contributed by atoms with van der Waals surface area (Å²) >= 11 is -2.12. The van der Waals surface area contributed by atoms with E-state index in [1.54, 1.807) is 12.5 Å². The third-order valence-corrected chi connectivity index (χ3v) is 1.77. The average Bonchev–Trinajstić information content (AvgIpc) is 1.88. The molecule has 11 heavy (non-hydrogen) atoms. The predicted molar refractivity (Wildman–Crippen MR) is 39.6 cm³/mol. The van der Waals surface area contributed by atoms with Gasteiger partial charge in [0.1, 0.15) is 4.91 Å². The van der Waals surface area contributed by atoms with Gasteiger partial charge in [-0.15, -0.1) is 0 Å². The summed E-state index contributed by atoms with van der Waals surface area (Å²) < 4.78 is 20.6. The third kappa shape index (κ3) is 3.40. The molecule has 1 atom stereocenters. The van der Waals surface area contributed by atoms with Gasteiger partial charge >= 0.3 is 29.6 Å². The van der Waals surface area contributed by atoms with Gasteiger partial charge in [0.05, 0.1) is 5.57 Å². The second-order valence-corrected chi connectivity index (χ2v) is 2.82. The molecule has 2 nitrogen and oxygen atoms in total. The molecule has 0 bridgehead atoms. The molecule has 0 spiro atoms. The van der Waals surface area contributed by atoms with E-state index in [1.165, 1.54) is 12.2 Å². The van der Waals surface area contributed by atoms with Crippen LogP contribution in [0.3, 0.4) is 0 Å². The first-order valence-corrected chi connectivity index (χ1v) is 3.79. The molecule has 0 saturated carbocycles. The van der Waals surface area contributed by atoms with E-state index in [0.29, 0.717) is 4.91 Å². The first-order valence-electron chi connectivity index (χ1n) is 2.71. The molecule has 0 radical (unpaired) electrons. The molecular formula is C7H6NaO2S+. The Morgan fingerprint density at radius 1 is 1.55 bits per heavy atom. The summed E-state index contributed by atoms with van der Waals surface area (Å²) in [5.74, 6) is 0. The first-order chi connectivity index (χ1) is 4.70. The second kappa shape index (κ2) is 4.95. The summed E-state index contributed by atoms with van der Waals surface area (Å²) in [6.07, 6.45) is 6.35. The van der Waals surface area contributed by atoms with Gasteiger partial charge in [-0.2, -0.15) is 0 Å². The Hall–Kier alpha value is 0.200. The van der Waals surface area contributed by atoms with Crippen molar-refractivity contribution in [2.45, 2.75) is 0 Å². The van der Waals surface area contributed by atoms with Crippen LogP contribution in [0.1, 0.15) is 0 Å². The SMILES string of the molecule is C=C1C=CC(S(=O)[O-])=C[CH+]1.[Na+]. The van der Waals surface area contributed by atoms with Gasteiger partial charge in [-0.3, -0.25) is 4.21 Å². The molecule has 0 N–H and O–H groups in total. The molecule has 0 amide bonds. The summed E-state index contributed by atoms with van der Waals surface area (Å²) in [5.41, 5.74) is 0.814. The van der Waals surface area contributed by atoms with Gasteiger partial charge in [0.25, 0.3) is 0 Å². The molecule has 0 heterocycles. The van der Waals surface area contributed by atoms with E-state index >= 15 is 0 Å². The van der Waals surface area contributed by atoms with Crippen LogP contribution in [0.15, 0.2) is 35.3 Å². The zero-order valence-corrected chi connectivity index (χ0v) is 9.06. The van der Waals surface area contributed by atoms with E-state index in [-0.39, 0.29) is 29.6 Å². The molecule has 1 rings (SSSR count). The van der Waals surface area contributed by atoms with Crippen molar-refractivity contribution >= 4 is 11.1 Å². The number of hydrogen-bond donors (Lipinski definition) is 0. The zero-order chi connectivity index (χ0) is 7.56. The van der Waals surface area contributed by atoms with Crippen molar-refractivity contribution in [2.24, 2.45) is 0 Å². The summed E-state index contributed by atoms with van der Waals surface area (Å²) in [7, 11) is 0. The molecule has 0 aromatic rings. The van der Waals surface area contributed by atoms with Crippen molar-refractivity contribution in [3.05, 3.63) is 41.7 Å². The van der Waals surface area contributed by atoms with Crippen LogP contribution >= 0.6 is 0 Å². The number of rotatable bonds is 1. The Labute approximate surface area is 90.6 Å². The summed E-state index contributed by atoms with van der Waals surface area (Å²) in [6.45, 7) is 3.62. The van der Waals surface area contributed by atoms with Crippen molar-refractivity contribution in [1.82, 2.24) is 0 Å². The van der Waals surface area contributed by atoms with E-state index in [9.17, 15) is 8.76 Å². The van der Waals surface area contributed by atoms with Crippen molar-refractivity contribution in [2.75, 3.05) is 0 Å². The molecule has 0 aromatic heterocycles. The minimum atomic E-state index is -2.12. The average molecular weight is 177 g/mol. The van der Waals surface area contributed by atoms with E-state index in [0.717, 1.165) is 5.57 Å². The first kappa shape index (κ1) is 11.2. The van der Waals surface area contributed by atoms with Gasteiger partial charge in [-0.25, -0.2) is 0 Å². The summed E-state index contributed by atoms with van der Waals surface area (Å²) in [5, 5.41) is 0. The Morgan fingerprint density at radius 2 is 2.18 bits per heavy atom. The molecule has 0 saturated heterocycles. The largest absolute Gasteiger partial charge is 1.00 e. The maximum Gasteiger partial charge on any atom is 1.00 e. The number of hydrogen-bond acceptors (Lipinski definition) is 2. The fraction of sp³-hybridized carbons (Fsp3) is 0. The smallest absolute Gasteiger partial charge is 0.760 e. The van der Waals surface area contributed by atoms with E-state index < -0.39 is 11.1 Å². The fourth-order valence-electron chi connectivity index (χ4n) is 0.601. The molecule has 1 aliphatic rings. The molecule has 1 unspecified atom stereocenters. The standard InChI is InChI=1S/C7H6O2S.Na/c1-6-2-4-7(5-3-6)10(8)9;/h2-5H,1H2;/q;+1. The van der Waals surface area contributed by atoms with Gasteiger partial charge < -0.3 is 4.55 Å².